The van der Waals surface area contributed by atoms with Gasteiger partial charge in [-0.1, -0.05) is 36.2 Å². The summed E-state index contributed by atoms with van der Waals surface area (Å²) in [6.07, 6.45) is -0.288. The Morgan fingerprint density at radius 1 is 1.10 bits per heavy atom. The van der Waals surface area contributed by atoms with Crippen molar-refractivity contribution in [3.63, 3.8) is 0 Å². The van der Waals surface area contributed by atoms with Crippen molar-refractivity contribution in [2.24, 2.45) is 5.92 Å². The van der Waals surface area contributed by atoms with E-state index in [1.807, 2.05) is 26.1 Å². The molecule has 3 aromatic carbocycles. The Labute approximate surface area is 249 Å². The highest BCUT2D eigenvalue weighted by Crippen LogP contribution is 2.31. The van der Waals surface area contributed by atoms with E-state index >= 15 is 0 Å². The van der Waals surface area contributed by atoms with Crippen molar-refractivity contribution in [3.05, 3.63) is 87.7 Å². The van der Waals surface area contributed by atoms with Crippen LogP contribution in [0.3, 0.4) is 0 Å². The van der Waals surface area contributed by atoms with Crippen molar-refractivity contribution in [2.45, 2.75) is 32.5 Å². The Morgan fingerprint density at radius 2 is 1.78 bits per heavy atom. The molecule has 0 saturated carbocycles. The Bertz CT molecular complexity index is 1390. The van der Waals surface area contributed by atoms with Gasteiger partial charge in [0.05, 0.1) is 28.3 Å². The molecule has 3 atom stereocenters. The monoisotopic (exact) mass is 602 g/mol. The molecule has 1 aliphatic heterocycles. The maximum Gasteiger partial charge on any atom is 0.323 e. The number of aliphatic hydroxyl groups is 1. The lowest BCUT2D eigenvalue weighted by atomic mass is 9.99. The van der Waals surface area contributed by atoms with Crippen molar-refractivity contribution in [3.8, 4) is 5.75 Å². The number of hydrogen-bond donors (Lipinski definition) is 3. The van der Waals surface area contributed by atoms with Crippen LogP contribution < -0.4 is 15.4 Å². The first-order valence-electron chi connectivity index (χ1n) is 13.2. The summed E-state index contributed by atoms with van der Waals surface area (Å²) in [6, 6.07) is 14.8. The van der Waals surface area contributed by atoms with Gasteiger partial charge in [0.1, 0.15) is 17.7 Å². The van der Waals surface area contributed by atoms with E-state index in [0.717, 1.165) is 5.56 Å². The molecule has 0 radical (unpaired) electrons. The molecule has 0 fully saturated rings. The second kappa shape index (κ2) is 13.5. The Hall–Kier alpha value is -3.37. The van der Waals surface area contributed by atoms with Gasteiger partial charge in [-0.15, -0.1) is 0 Å². The third kappa shape index (κ3) is 7.89. The average Bonchev–Trinajstić information content (AvgIpc) is 2.93. The molecule has 0 saturated heterocycles. The SMILES string of the molecule is C[C@@H]1CN([C@H](C)CO)C(=O)c2cc(NC(=O)Nc3ccc(F)cc3)ccc2O[C@@H]1CN(C)Cc1ccc(Cl)c(Cl)c1. The van der Waals surface area contributed by atoms with Gasteiger partial charge < -0.3 is 25.4 Å². The zero-order chi connectivity index (χ0) is 29.7. The van der Waals surface area contributed by atoms with Gasteiger partial charge in [-0.05, 0) is 74.1 Å². The minimum absolute atomic E-state index is 0.0587. The summed E-state index contributed by atoms with van der Waals surface area (Å²) in [5, 5.41) is 16.2. The predicted molar refractivity (Wildman–Crippen MR) is 159 cm³/mol. The van der Waals surface area contributed by atoms with Crippen LogP contribution in [0.1, 0.15) is 29.8 Å². The lowest BCUT2D eigenvalue weighted by molar-refractivity contribution is 0.0341. The number of nitrogens with zero attached hydrogens (tertiary/aromatic N) is 2. The Kier molecular flexibility index (Phi) is 10.1. The van der Waals surface area contributed by atoms with E-state index in [-0.39, 0.29) is 30.1 Å². The van der Waals surface area contributed by atoms with Crippen LogP contribution >= 0.6 is 23.2 Å². The van der Waals surface area contributed by atoms with Crippen molar-refractivity contribution in [1.29, 1.82) is 0 Å². The molecule has 3 aromatic rings. The highest BCUT2D eigenvalue weighted by atomic mass is 35.5. The van der Waals surface area contributed by atoms with Crippen LogP contribution in [0, 0.1) is 11.7 Å². The third-order valence-corrected chi connectivity index (χ3v) is 7.69. The van der Waals surface area contributed by atoms with E-state index in [1.165, 1.54) is 24.3 Å². The van der Waals surface area contributed by atoms with E-state index in [4.69, 9.17) is 27.9 Å². The summed E-state index contributed by atoms with van der Waals surface area (Å²) in [4.78, 5) is 30.0. The van der Waals surface area contributed by atoms with Crippen LogP contribution in [0.15, 0.2) is 60.7 Å². The number of ether oxygens (including phenoxy) is 1. The van der Waals surface area contributed by atoms with Crippen LogP contribution in [0.25, 0.3) is 0 Å². The number of benzene rings is 3. The molecule has 218 valence electrons. The fraction of sp³-hybridized carbons (Fsp3) is 0.333. The number of carbonyl (C=O) groups is 2. The van der Waals surface area contributed by atoms with Gasteiger partial charge in [0.15, 0.2) is 0 Å². The Balaban J connectivity index is 1.55. The highest BCUT2D eigenvalue weighted by Gasteiger charge is 2.33. The number of amides is 3. The summed E-state index contributed by atoms with van der Waals surface area (Å²) < 4.78 is 19.6. The van der Waals surface area contributed by atoms with E-state index in [1.54, 1.807) is 36.1 Å². The van der Waals surface area contributed by atoms with Crippen LogP contribution in [0.5, 0.6) is 5.75 Å². The molecular weight excluding hydrogens is 570 g/mol. The molecule has 8 nitrogen and oxygen atoms in total. The van der Waals surface area contributed by atoms with Gasteiger partial charge in [0, 0.05) is 36.9 Å². The molecule has 41 heavy (non-hydrogen) atoms. The molecule has 1 aliphatic rings. The molecule has 4 rings (SSSR count). The molecule has 0 unspecified atom stereocenters. The summed E-state index contributed by atoms with van der Waals surface area (Å²) in [6.45, 7) is 5.14. The first-order chi connectivity index (χ1) is 19.5. The van der Waals surface area contributed by atoms with Crippen molar-refractivity contribution in [1.82, 2.24) is 9.80 Å². The van der Waals surface area contributed by atoms with Crippen molar-refractivity contribution < 1.29 is 23.8 Å². The molecule has 3 N–H and O–H groups in total. The number of nitrogens with one attached hydrogen (secondary N) is 2. The minimum Gasteiger partial charge on any atom is -0.488 e. The molecule has 0 aromatic heterocycles. The maximum absolute atomic E-state index is 13.7. The topological polar surface area (TPSA) is 94.1 Å². The first kappa shape index (κ1) is 30.6. The summed E-state index contributed by atoms with van der Waals surface area (Å²) in [5.74, 6) is -0.393. The molecule has 3 amide bonds. The lowest BCUT2D eigenvalue weighted by Crippen LogP contribution is -2.49. The van der Waals surface area contributed by atoms with Gasteiger partial charge in [-0.3, -0.25) is 9.69 Å². The van der Waals surface area contributed by atoms with Crippen LogP contribution in [0.4, 0.5) is 20.6 Å². The van der Waals surface area contributed by atoms with Crippen LogP contribution in [0.2, 0.25) is 10.0 Å². The number of hydrogen-bond acceptors (Lipinski definition) is 5. The lowest BCUT2D eigenvalue weighted by Gasteiger charge is -2.38. The van der Waals surface area contributed by atoms with E-state index in [9.17, 15) is 19.1 Å². The van der Waals surface area contributed by atoms with Gasteiger partial charge in [0.2, 0.25) is 0 Å². The number of likely N-dealkylation sites (N-methyl/N-ethyl adjacent to an activating group) is 1. The molecule has 1 heterocycles. The quantitative estimate of drug-likeness (QED) is 0.288. The van der Waals surface area contributed by atoms with E-state index < -0.39 is 17.9 Å². The fourth-order valence-electron chi connectivity index (χ4n) is 4.67. The second-order valence-electron chi connectivity index (χ2n) is 10.4. The van der Waals surface area contributed by atoms with Crippen LogP contribution in [-0.2, 0) is 6.54 Å². The third-order valence-electron chi connectivity index (χ3n) is 6.95. The van der Waals surface area contributed by atoms with Gasteiger partial charge >= 0.3 is 6.03 Å². The first-order valence-corrected chi connectivity index (χ1v) is 14.0. The normalized spacial score (nSPS) is 17.8. The highest BCUT2D eigenvalue weighted by molar-refractivity contribution is 6.42. The number of carbonyl (C=O) groups excluding carboxylic acids is 2. The van der Waals surface area contributed by atoms with Crippen molar-refractivity contribution >= 4 is 46.5 Å². The number of rotatable bonds is 8. The number of halogens is 3. The minimum atomic E-state index is -0.549. The van der Waals surface area contributed by atoms with Gasteiger partial charge in [-0.2, -0.15) is 0 Å². The largest absolute Gasteiger partial charge is 0.488 e. The zero-order valence-corrected chi connectivity index (χ0v) is 24.5. The Morgan fingerprint density at radius 3 is 2.46 bits per heavy atom. The zero-order valence-electron chi connectivity index (χ0n) is 23.0. The summed E-state index contributed by atoms with van der Waals surface area (Å²) >= 11 is 12.3. The summed E-state index contributed by atoms with van der Waals surface area (Å²) in [5.41, 5.74) is 2.06. The van der Waals surface area contributed by atoms with Crippen molar-refractivity contribution in [2.75, 3.05) is 37.4 Å². The molecule has 11 heteroatoms. The van der Waals surface area contributed by atoms with Gasteiger partial charge in [-0.25, -0.2) is 9.18 Å². The standard InChI is InChI=1S/C30H33Cl2FN4O4/c1-18-14-37(19(2)17-38)29(39)24-13-23(35-30(40)34-22-7-5-21(33)6-8-22)9-11-27(24)41-28(18)16-36(3)15-20-4-10-25(31)26(32)12-20/h4-13,18-19,28,38H,14-17H2,1-3H3,(H2,34,35,40)/t18-,19-,28-/m1/s1. The molecule has 0 aliphatic carbocycles. The number of urea groups is 1. The molecular formula is C30H33Cl2FN4O4. The van der Waals surface area contributed by atoms with Gasteiger partial charge in [0.25, 0.3) is 5.91 Å². The van der Waals surface area contributed by atoms with E-state index in [2.05, 4.69) is 15.5 Å². The second-order valence-corrected chi connectivity index (χ2v) is 11.2. The fourth-order valence-corrected chi connectivity index (χ4v) is 4.99. The number of aliphatic hydroxyl groups excluding tert-OH is 1. The molecule has 0 bridgehead atoms. The molecule has 0 spiro atoms. The number of fused-ring (bicyclic) bond motifs is 1. The van der Waals surface area contributed by atoms with Crippen LogP contribution in [-0.4, -0.2) is 65.7 Å². The predicted octanol–water partition coefficient (Wildman–Crippen LogP) is 6.13. The maximum atomic E-state index is 13.7. The number of anilines is 2. The van der Waals surface area contributed by atoms with E-state index in [0.29, 0.717) is 46.8 Å². The summed E-state index contributed by atoms with van der Waals surface area (Å²) in [7, 11) is 1.98. The average molecular weight is 604 g/mol. The smallest absolute Gasteiger partial charge is 0.323 e.